The van der Waals surface area contributed by atoms with E-state index in [1.54, 1.807) is 39.2 Å². The van der Waals surface area contributed by atoms with Crippen LogP contribution in [0.5, 0.6) is 0 Å². The van der Waals surface area contributed by atoms with E-state index in [0.29, 0.717) is 19.4 Å². The number of carbonyl (C=O) groups is 4. The van der Waals surface area contributed by atoms with Gasteiger partial charge in [-0.2, -0.15) is 0 Å². The zero-order valence-electron chi connectivity index (χ0n) is 19.4. The molecule has 1 fully saturated rings. The van der Waals surface area contributed by atoms with Gasteiger partial charge in [0.15, 0.2) is 0 Å². The largest absolute Gasteiger partial charge is 0.354 e. The van der Waals surface area contributed by atoms with Crippen molar-refractivity contribution in [2.24, 2.45) is 5.92 Å². The van der Waals surface area contributed by atoms with Crippen molar-refractivity contribution >= 4 is 23.6 Å². The van der Waals surface area contributed by atoms with Gasteiger partial charge < -0.3 is 20.4 Å². The van der Waals surface area contributed by atoms with Crippen molar-refractivity contribution in [3.05, 3.63) is 36.5 Å². The lowest BCUT2D eigenvalue weighted by Crippen LogP contribution is -2.59. The zero-order chi connectivity index (χ0) is 23.6. The molecule has 0 aromatic carbocycles. The molecule has 3 atom stereocenters. The predicted molar refractivity (Wildman–Crippen MR) is 121 cm³/mol. The van der Waals surface area contributed by atoms with E-state index in [4.69, 9.17) is 0 Å². The molecule has 4 amide bonds. The van der Waals surface area contributed by atoms with E-state index >= 15 is 0 Å². The van der Waals surface area contributed by atoms with Gasteiger partial charge in [-0.05, 0) is 32.6 Å². The Balaban J connectivity index is 3.11. The maximum absolute atomic E-state index is 13.2. The van der Waals surface area contributed by atoms with E-state index in [2.05, 4.69) is 10.6 Å². The number of hydrogen-bond donors (Lipinski definition) is 2. The van der Waals surface area contributed by atoms with E-state index < -0.39 is 24.0 Å². The fourth-order valence-corrected chi connectivity index (χ4v) is 3.38. The van der Waals surface area contributed by atoms with Crippen molar-refractivity contribution in [2.45, 2.75) is 58.7 Å². The number of nitrogens with one attached hydrogen (secondary N) is 2. The summed E-state index contributed by atoms with van der Waals surface area (Å²) in [6, 6.07) is -2.19. The van der Waals surface area contributed by atoms with Crippen LogP contribution in [-0.2, 0) is 19.2 Å². The van der Waals surface area contributed by atoms with Gasteiger partial charge >= 0.3 is 0 Å². The summed E-state index contributed by atoms with van der Waals surface area (Å²) in [6.45, 7) is 7.61. The van der Waals surface area contributed by atoms with Crippen molar-refractivity contribution < 1.29 is 19.2 Å². The van der Waals surface area contributed by atoms with Crippen LogP contribution in [0.2, 0.25) is 0 Å². The molecule has 172 valence electrons. The highest BCUT2D eigenvalue weighted by atomic mass is 16.2. The van der Waals surface area contributed by atoms with Crippen molar-refractivity contribution in [1.29, 1.82) is 0 Å². The molecule has 1 heterocycles. The molecule has 0 radical (unpaired) electrons. The predicted octanol–water partition coefficient (Wildman–Crippen LogP) is 1.40. The number of carbonyl (C=O) groups excluding carboxylic acids is 4. The molecule has 0 spiro atoms. The van der Waals surface area contributed by atoms with Crippen LogP contribution in [0, 0.1) is 5.92 Å². The van der Waals surface area contributed by atoms with Gasteiger partial charge in [0.2, 0.25) is 23.6 Å². The Kier molecular flexibility index (Phi) is 10.7. The first-order valence-electron chi connectivity index (χ1n) is 10.7. The summed E-state index contributed by atoms with van der Waals surface area (Å²) < 4.78 is 0. The summed E-state index contributed by atoms with van der Waals surface area (Å²) in [4.78, 5) is 53.8. The van der Waals surface area contributed by atoms with Crippen molar-refractivity contribution in [2.75, 3.05) is 20.6 Å². The normalized spacial score (nSPS) is 24.7. The summed E-state index contributed by atoms with van der Waals surface area (Å²) in [6.07, 6.45) is 11.0. The Morgan fingerprint density at radius 3 is 2.32 bits per heavy atom. The Morgan fingerprint density at radius 2 is 1.71 bits per heavy atom. The third-order valence-corrected chi connectivity index (χ3v) is 5.31. The Labute approximate surface area is 185 Å². The lowest BCUT2D eigenvalue weighted by Gasteiger charge is -2.37. The van der Waals surface area contributed by atoms with Gasteiger partial charge in [-0.15, -0.1) is 0 Å². The van der Waals surface area contributed by atoms with Crippen molar-refractivity contribution in [3.8, 4) is 0 Å². The van der Waals surface area contributed by atoms with Crippen LogP contribution in [0.1, 0.15) is 40.5 Å². The first kappa shape index (κ1) is 26.1. The number of hydrogen-bond acceptors (Lipinski definition) is 4. The first-order chi connectivity index (χ1) is 14.6. The molecule has 2 N–H and O–H groups in total. The lowest BCUT2D eigenvalue weighted by atomic mass is 9.98. The fourth-order valence-electron chi connectivity index (χ4n) is 3.38. The molecule has 8 heteroatoms. The fraction of sp³-hybridized carbons (Fsp3) is 0.565. The highest BCUT2D eigenvalue weighted by molar-refractivity contribution is 5.96. The monoisotopic (exact) mass is 432 g/mol. The number of likely N-dealkylation sites (N-methyl/N-ethyl adjacent to an activating group) is 2. The highest BCUT2D eigenvalue weighted by Crippen LogP contribution is 2.17. The van der Waals surface area contributed by atoms with Gasteiger partial charge in [-0.25, -0.2) is 0 Å². The van der Waals surface area contributed by atoms with Crippen LogP contribution in [0.25, 0.3) is 0 Å². The Morgan fingerprint density at radius 1 is 1.06 bits per heavy atom. The van der Waals surface area contributed by atoms with Gasteiger partial charge in [0, 0.05) is 26.7 Å². The average molecular weight is 433 g/mol. The molecule has 0 aromatic rings. The second kappa shape index (κ2) is 12.7. The Bertz CT molecular complexity index is 742. The maximum atomic E-state index is 13.2. The third kappa shape index (κ3) is 7.70. The van der Waals surface area contributed by atoms with E-state index in [-0.39, 0.29) is 23.6 Å². The first-order valence-corrected chi connectivity index (χ1v) is 10.7. The quantitative estimate of drug-likeness (QED) is 0.507. The SMILES string of the molecule is C/C=C/C=C/C=C/C(=O)N[C@H]1CCCNC(=O)[C@H](C)N(C)C(=O)[C@H](C(C)C)N(C)C1=O. The number of nitrogens with zero attached hydrogens (tertiary/aromatic N) is 2. The third-order valence-electron chi connectivity index (χ3n) is 5.31. The van der Waals surface area contributed by atoms with Gasteiger partial charge in [-0.3, -0.25) is 19.2 Å². The van der Waals surface area contributed by atoms with Crippen molar-refractivity contribution in [3.63, 3.8) is 0 Å². The minimum absolute atomic E-state index is 0.171. The summed E-state index contributed by atoms with van der Waals surface area (Å²) in [5, 5.41) is 5.54. The molecule has 0 unspecified atom stereocenters. The maximum Gasteiger partial charge on any atom is 0.246 e. The smallest absolute Gasteiger partial charge is 0.246 e. The van der Waals surface area contributed by atoms with Gasteiger partial charge in [-0.1, -0.05) is 44.2 Å². The summed E-state index contributed by atoms with van der Waals surface area (Å²) in [5.74, 6) is -1.45. The lowest BCUT2D eigenvalue weighted by molar-refractivity contribution is -0.150. The van der Waals surface area contributed by atoms with Crippen molar-refractivity contribution in [1.82, 2.24) is 20.4 Å². The minimum Gasteiger partial charge on any atom is -0.354 e. The van der Waals surface area contributed by atoms with Gasteiger partial charge in [0.1, 0.15) is 18.1 Å². The molecular weight excluding hydrogens is 396 g/mol. The van der Waals surface area contributed by atoms with Crippen LogP contribution < -0.4 is 10.6 Å². The molecule has 1 saturated heterocycles. The molecule has 1 rings (SSSR count). The molecule has 1 aliphatic heterocycles. The molecule has 1 aliphatic rings. The van der Waals surface area contributed by atoms with E-state index in [0.717, 1.165) is 0 Å². The standard InChI is InChI=1S/C23H36N4O4/c1-7-8-9-10-11-14-19(28)25-18-13-12-15-24-21(29)17(4)26(5)23(31)20(16(2)3)27(6)22(18)30/h7-11,14,16-18,20H,12-13,15H2,1-6H3,(H,24,29)(H,25,28)/b8-7+,10-9+,14-11+/t17-,18-,20-/m0/s1. The van der Waals surface area contributed by atoms with Crippen LogP contribution in [0.3, 0.4) is 0 Å². The number of amides is 4. The molecular formula is C23H36N4O4. The highest BCUT2D eigenvalue weighted by Gasteiger charge is 2.37. The summed E-state index contributed by atoms with van der Waals surface area (Å²) in [5.41, 5.74) is 0. The van der Waals surface area contributed by atoms with Crippen LogP contribution in [0.4, 0.5) is 0 Å². The van der Waals surface area contributed by atoms with Crippen LogP contribution >= 0.6 is 0 Å². The molecule has 0 saturated carbocycles. The molecule has 31 heavy (non-hydrogen) atoms. The molecule has 0 aliphatic carbocycles. The van der Waals surface area contributed by atoms with E-state index in [1.807, 2.05) is 32.9 Å². The van der Waals surface area contributed by atoms with Crippen LogP contribution in [0.15, 0.2) is 36.5 Å². The number of allylic oxidation sites excluding steroid dienone is 5. The van der Waals surface area contributed by atoms with Crippen LogP contribution in [-0.4, -0.2) is 72.2 Å². The van der Waals surface area contributed by atoms with Gasteiger partial charge in [0.05, 0.1) is 0 Å². The topological polar surface area (TPSA) is 98.8 Å². The second-order valence-corrected chi connectivity index (χ2v) is 8.03. The molecule has 0 aromatic heterocycles. The Hall–Kier alpha value is -2.90. The second-order valence-electron chi connectivity index (χ2n) is 8.03. The summed E-state index contributed by atoms with van der Waals surface area (Å²) in [7, 11) is 3.14. The van der Waals surface area contributed by atoms with E-state index in [1.165, 1.54) is 15.9 Å². The van der Waals surface area contributed by atoms with E-state index in [9.17, 15) is 19.2 Å². The minimum atomic E-state index is -0.797. The average Bonchev–Trinajstić information content (AvgIpc) is 2.72. The summed E-state index contributed by atoms with van der Waals surface area (Å²) >= 11 is 0. The van der Waals surface area contributed by atoms with Gasteiger partial charge in [0.25, 0.3) is 0 Å². The number of rotatable bonds is 5. The molecule has 8 nitrogen and oxygen atoms in total. The molecule has 0 bridgehead atoms. The zero-order valence-corrected chi connectivity index (χ0v) is 19.4.